The van der Waals surface area contributed by atoms with Gasteiger partial charge >= 0.3 is 0 Å². The zero-order valence-electron chi connectivity index (χ0n) is 9.61. The van der Waals surface area contributed by atoms with E-state index in [4.69, 9.17) is 4.74 Å². The summed E-state index contributed by atoms with van der Waals surface area (Å²) in [5.74, 6) is 0.208. The van der Waals surface area contributed by atoms with E-state index in [9.17, 15) is 9.90 Å². The molecule has 1 saturated heterocycles. The Hall–Kier alpha value is -0.450. The van der Waals surface area contributed by atoms with Crippen LogP contribution in [0.2, 0.25) is 0 Å². The van der Waals surface area contributed by atoms with E-state index in [0.29, 0.717) is 13.2 Å². The van der Waals surface area contributed by atoms with E-state index in [1.54, 1.807) is 14.0 Å². The van der Waals surface area contributed by atoms with Crippen LogP contribution in [0.25, 0.3) is 0 Å². The van der Waals surface area contributed by atoms with Gasteiger partial charge < -0.3 is 9.84 Å². The second kappa shape index (κ2) is 6.20. The van der Waals surface area contributed by atoms with Crippen molar-refractivity contribution >= 4 is 5.78 Å². The molecule has 0 saturated carbocycles. The summed E-state index contributed by atoms with van der Waals surface area (Å²) in [5.41, 5.74) is 0. The van der Waals surface area contributed by atoms with Gasteiger partial charge in [0.2, 0.25) is 0 Å². The van der Waals surface area contributed by atoms with Crippen molar-refractivity contribution in [1.82, 2.24) is 4.90 Å². The molecule has 15 heavy (non-hydrogen) atoms. The number of hydrogen-bond donors (Lipinski definition) is 1. The van der Waals surface area contributed by atoms with Crippen LogP contribution in [-0.4, -0.2) is 54.7 Å². The first-order valence-electron chi connectivity index (χ1n) is 5.56. The molecule has 0 spiro atoms. The van der Waals surface area contributed by atoms with Gasteiger partial charge in [0.1, 0.15) is 5.78 Å². The lowest BCUT2D eigenvalue weighted by atomic mass is 9.99. The molecule has 1 aliphatic heterocycles. The number of nitrogens with zero attached hydrogens (tertiary/aromatic N) is 1. The molecule has 1 fully saturated rings. The number of carbonyl (C=O) groups excluding carboxylic acids is 1. The Balaban J connectivity index is 2.45. The Morgan fingerprint density at radius 3 is 2.93 bits per heavy atom. The quantitative estimate of drug-likeness (QED) is 0.723. The Morgan fingerprint density at radius 1 is 1.60 bits per heavy atom. The predicted octanol–water partition coefficient (Wildman–Crippen LogP) is 0.437. The van der Waals surface area contributed by atoms with Gasteiger partial charge in [0.15, 0.2) is 0 Å². The summed E-state index contributed by atoms with van der Waals surface area (Å²) in [7, 11) is 1.57. The molecular formula is C11H21NO3. The first-order chi connectivity index (χ1) is 7.15. The molecule has 0 amide bonds. The summed E-state index contributed by atoms with van der Waals surface area (Å²) in [5, 5.41) is 9.62. The SMILES string of the molecule is COCC(O)CN1CCCCC1C(C)=O. The molecule has 0 radical (unpaired) electrons. The van der Waals surface area contributed by atoms with Crippen molar-refractivity contribution in [2.75, 3.05) is 26.8 Å². The molecule has 0 aromatic carbocycles. The molecule has 1 aliphatic rings. The lowest BCUT2D eigenvalue weighted by Gasteiger charge is -2.35. The van der Waals surface area contributed by atoms with Crippen LogP contribution < -0.4 is 0 Å². The highest BCUT2D eigenvalue weighted by molar-refractivity contribution is 5.81. The van der Waals surface area contributed by atoms with Gasteiger partial charge in [0, 0.05) is 13.7 Å². The van der Waals surface area contributed by atoms with Gasteiger partial charge in [-0.25, -0.2) is 0 Å². The molecule has 4 heteroatoms. The van der Waals surface area contributed by atoms with Gasteiger partial charge in [0.05, 0.1) is 18.8 Å². The van der Waals surface area contributed by atoms with Crippen molar-refractivity contribution in [3.05, 3.63) is 0 Å². The maximum absolute atomic E-state index is 11.4. The molecule has 1 rings (SSSR count). The molecule has 88 valence electrons. The fraction of sp³-hybridized carbons (Fsp3) is 0.909. The molecule has 1 heterocycles. The Bertz CT molecular complexity index is 208. The van der Waals surface area contributed by atoms with Crippen molar-refractivity contribution in [1.29, 1.82) is 0 Å². The van der Waals surface area contributed by atoms with Crippen LogP contribution in [0, 0.1) is 0 Å². The molecule has 0 aromatic heterocycles. The monoisotopic (exact) mass is 215 g/mol. The summed E-state index contributed by atoms with van der Waals surface area (Å²) in [6, 6.07) is 0.00487. The molecular weight excluding hydrogens is 194 g/mol. The topological polar surface area (TPSA) is 49.8 Å². The second-order valence-electron chi connectivity index (χ2n) is 4.23. The third kappa shape index (κ3) is 3.89. The number of methoxy groups -OCH3 is 1. The summed E-state index contributed by atoms with van der Waals surface area (Å²) in [6.07, 6.45) is 2.66. The maximum atomic E-state index is 11.4. The lowest BCUT2D eigenvalue weighted by Crippen LogP contribution is -2.47. The minimum absolute atomic E-state index is 0.00487. The highest BCUT2D eigenvalue weighted by Crippen LogP contribution is 2.17. The molecule has 0 aliphatic carbocycles. The van der Waals surface area contributed by atoms with Crippen LogP contribution in [0.15, 0.2) is 0 Å². The van der Waals surface area contributed by atoms with Crippen molar-refractivity contribution in [2.24, 2.45) is 0 Å². The standard InChI is InChI=1S/C11H21NO3/c1-9(13)11-5-3-4-6-12(11)7-10(14)8-15-2/h10-11,14H,3-8H2,1-2H3. The molecule has 0 aromatic rings. The number of ketones is 1. The number of aliphatic hydroxyl groups is 1. The Labute approximate surface area is 91.2 Å². The molecule has 2 unspecified atom stereocenters. The fourth-order valence-corrected chi connectivity index (χ4v) is 2.19. The lowest BCUT2D eigenvalue weighted by molar-refractivity contribution is -0.124. The highest BCUT2D eigenvalue weighted by atomic mass is 16.5. The number of Topliss-reactive ketones (excluding diaryl/α,β-unsaturated/α-hetero) is 1. The van der Waals surface area contributed by atoms with Crippen LogP contribution in [0.1, 0.15) is 26.2 Å². The zero-order chi connectivity index (χ0) is 11.3. The summed E-state index contributed by atoms with van der Waals surface area (Å²) >= 11 is 0. The van der Waals surface area contributed by atoms with E-state index in [-0.39, 0.29) is 11.8 Å². The number of rotatable bonds is 5. The van der Waals surface area contributed by atoms with Crippen molar-refractivity contribution in [2.45, 2.75) is 38.3 Å². The second-order valence-corrected chi connectivity index (χ2v) is 4.23. The van der Waals surface area contributed by atoms with Gasteiger partial charge in [-0.05, 0) is 26.3 Å². The molecule has 0 bridgehead atoms. The number of β-amino-alcohol motifs (C(OH)–C–C–N with tert-alkyl or cyclic N) is 1. The van der Waals surface area contributed by atoms with E-state index in [2.05, 4.69) is 4.90 Å². The fourth-order valence-electron chi connectivity index (χ4n) is 2.19. The van der Waals surface area contributed by atoms with Gasteiger partial charge in [0.25, 0.3) is 0 Å². The number of hydrogen-bond acceptors (Lipinski definition) is 4. The van der Waals surface area contributed by atoms with Gasteiger partial charge in [-0.1, -0.05) is 6.42 Å². The molecule has 2 atom stereocenters. The van der Waals surface area contributed by atoms with Gasteiger partial charge in [-0.15, -0.1) is 0 Å². The number of likely N-dealkylation sites (tertiary alicyclic amines) is 1. The summed E-state index contributed by atoms with van der Waals surface area (Å²) < 4.78 is 4.88. The van der Waals surface area contributed by atoms with Crippen molar-refractivity contribution in [3.8, 4) is 0 Å². The van der Waals surface area contributed by atoms with E-state index in [1.165, 1.54) is 0 Å². The first kappa shape index (κ1) is 12.6. The largest absolute Gasteiger partial charge is 0.389 e. The normalized spacial score (nSPS) is 25.1. The highest BCUT2D eigenvalue weighted by Gasteiger charge is 2.27. The number of piperidine rings is 1. The molecule has 4 nitrogen and oxygen atoms in total. The number of ether oxygens (including phenoxy) is 1. The van der Waals surface area contributed by atoms with Crippen LogP contribution in [-0.2, 0) is 9.53 Å². The Morgan fingerprint density at radius 2 is 2.33 bits per heavy atom. The van der Waals surface area contributed by atoms with E-state index < -0.39 is 6.10 Å². The van der Waals surface area contributed by atoms with Gasteiger partial charge in [-0.3, -0.25) is 9.69 Å². The third-order valence-electron chi connectivity index (χ3n) is 2.89. The Kier molecular flexibility index (Phi) is 5.22. The number of carbonyl (C=O) groups is 1. The van der Waals surface area contributed by atoms with Crippen molar-refractivity contribution in [3.63, 3.8) is 0 Å². The van der Waals surface area contributed by atoms with Crippen LogP contribution in [0.3, 0.4) is 0 Å². The van der Waals surface area contributed by atoms with Crippen LogP contribution in [0.5, 0.6) is 0 Å². The van der Waals surface area contributed by atoms with Crippen LogP contribution in [0.4, 0.5) is 0 Å². The van der Waals surface area contributed by atoms with E-state index in [0.717, 1.165) is 25.8 Å². The van der Waals surface area contributed by atoms with E-state index >= 15 is 0 Å². The third-order valence-corrected chi connectivity index (χ3v) is 2.89. The summed E-state index contributed by atoms with van der Waals surface area (Å²) in [4.78, 5) is 13.5. The van der Waals surface area contributed by atoms with Gasteiger partial charge in [-0.2, -0.15) is 0 Å². The molecule has 1 N–H and O–H groups in total. The van der Waals surface area contributed by atoms with Crippen LogP contribution >= 0.6 is 0 Å². The smallest absolute Gasteiger partial charge is 0.146 e. The predicted molar refractivity (Wildman–Crippen MR) is 57.8 cm³/mol. The maximum Gasteiger partial charge on any atom is 0.146 e. The van der Waals surface area contributed by atoms with Crippen molar-refractivity contribution < 1.29 is 14.6 Å². The van der Waals surface area contributed by atoms with E-state index in [1.807, 2.05) is 0 Å². The zero-order valence-corrected chi connectivity index (χ0v) is 9.61. The average Bonchev–Trinajstić information content (AvgIpc) is 2.18. The minimum Gasteiger partial charge on any atom is -0.389 e. The summed E-state index contributed by atoms with van der Waals surface area (Å²) in [6.45, 7) is 3.41. The minimum atomic E-state index is -0.491. The number of aliphatic hydroxyl groups excluding tert-OH is 1. The average molecular weight is 215 g/mol. The first-order valence-corrected chi connectivity index (χ1v) is 5.56.